The summed E-state index contributed by atoms with van der Waals surface area (Å²) in [4.78, 5) is 34.6. The van der Waals surface area contributed by atoms with Crippen molar-refractivity contribution in [2.45, 2.75) is 13.5 Å². The van der Waals surface area contributed by atoms with Gasteiger partial charge in [0.15, 0.2) is 0 Å². The highest BCUT2D eigenvalue weighted by molar-refractivity contribution is 5.92. The first-order valence-corrected chi connectivity index (χ1v) is 7.46. The van der Waals surface area contributed by atoms with Crippen LogP contribution < -0.4 is 10.7 Å². The van der Waals surface area contributed by atoms with Gasteiger partial charge in [-0.3, -0.25) is 24.4 Å². The van der Waals surface area contributed by atoms with E-state index in [0.717, 1.165) is 6.20 Å². The molecular weight excluding hydrogens is 324 g/mol. The first-order chi connectivity index (χ1) is 12.0. The molecule has 0 aliphatic rings. The standard InChI is InChI=1S/C17H14N4O4/c1-11-13(6-4-8-14(11)21(24)25)19-17(23)10-20-15-7-3-2-5-12(15)16(22)9-18-20/h2-9H,10H2,1H3,(H,19,23). The quantitative estimate of drug-likeness (QED) is 0.580. The van der Waals surface area contributed by atoms with Gasteiger partial charge in [0.1, 0.15) is 6.54 Å². The van der Waals surface area contributed by atoms with Crippen LogP contribution in [0.2, 0.25) is 0 Å². The SMILES string of the molecule is Cc1c(NC(=O)Cn2ncc(=O)c3ccccc32)cccc1[N+](=O)[O-]. The zero-order valence-electron chi connectivity index (χ0n) is 13.3. The molecule has 25 heavy (non-hydrogen) atoms. The van der Waals surface area contributed by atoms with E-state index in [1.165, 1.54) is 16.8 Å². The molecule has 0 saturated heterocycles. The lowest BCUT2D eigenvalue weighted by Gasteiger charge is -2.11. The number of nitro groups is 1. The van der Waals surface area contributed by atoms with E-state index >= 15 is 0 Å². The Kier molecular flexibility index (Phi) is 4.25. The van der Waals surface area contributed by atoms with Gasteiger partial charge in [-0.1, -0.05) is 18.2 Å². The predicted molar refractivity (Wildman–Crippen MR) is 92.5 cm³/mol. The van der Waals surface area contributed by atoms with E-state index < -0.39 is 10.8 Å². The molecule has 1 amide bonds. The van der Waals surface area contributed by atoms with Gasteiger partial charge in [0.2, 0.25) is 11.3 Å². The molecule has 0 radical (unpaired) electrons. The molecule has 0 bridgehead atoms. The van der Waals surface area contributed by atoms with Gasteiger partial charge in [-0.2, -0.15) is 5.10 Å². The van der Waals surface area contributed by atoms with Crippen molar-refractivity contribution in [2.75, 3.05) is 5.32 Å². The summed E-state index contributed by atoms with van der Waals surface area (Å²) >= 11 is 0. The monoisotopic (exact) mass is 338 g/mol. The Hall–Kier alpha value is -3.55. The number of hydrogen-bond acceptors (Lipinski definition) is 5. The topological polar surface area (TPSA) is 107 Å². The Morgan fingerprint density at radius 2 is 2.00 bits per heavy atom. The van der Waals surface area contributed by atoms with Gasteiger partial charge in [0.05, 0.1) is 27.9 Å². The normalized spacial score (nSPS) is 10.6. The molecule has 0 aliphatic heterocycles. The number of carbonyl (C=O) groups is 1. The molecule has 0 aliphatic carbocycles. The largest absolute Gasteiger partial charge is 0.324 e. The lowest BCUT2D eigenvalue weighted by Crippen LogP contribution is -2.22. The van der Waals surface area contributed by atoms with Crippen LogP contribution in [0.3, 0.4) is 0 Å². The Balaban J connectivity index is 1.87. The van der Waals surface area contributed by atoms with E-state index in [4.69, 9.17) is 0 Å². The van der Waals surface area contributed by atoms with E-state index in [0.29, 0.717) is 22.2 Å². The minimum absolute atomic E-state index is 0.0651. The highest BCUT2D eigenvalue weighted by Gasteiger charge is 2.15. The van der Waals surface area contributed by atoms with Crippen molar-refractivity contribution in [3.8, 4) is 0 Å². The van der Waals surface area contributed by atoms with E-state index in [-0.39, 0.29) is 17.7 Å². The number of hydrogen-bond donors (Lipinski definition) is 1. The van der Waals surface area contributed by atoms with Crippen LogP contribution in [0.4, 0.5) is 11.4 Å². The van der Waals surface area contributed by atoms with Gasteiger partial charge in [0, 0.05) is 11.5 Å². The van der Waals surface area contributed by atoms with Crippen molar-refractivity contribution < 1.29 is 9.72 Å². The third kappa shape index (κ3) is 3.23. The van der Waals surface area contributed by atoms with Crippen LogP contribution >= 0.6 is 0 Å². The predicted octanol–water partition coefficient (Wildman–Crippen LogP) is 2.25. The minimum atomic E-state index is -0.498. The van der Waals surface area contributed by atoms with Crippen LogP contribution in [-0.2, 0) is 11.3 Å². The van der Waals surface area contributed by atoms with Crippen molar-refractivity contribution in [2.24, 2.45) is 0 Å². The molecule has 1 heterocycles. The van der Waals surface area contributed by atoms with Crippen LogP contribution in [0, 0.1) is 17.0 Å². The summed E-state index contributed by atoms with van der Waals surface area (Å²) in [5, 5.41) is 18.1. The number of benzene rings is 2. The zero-order chi connectivity index (χ0) is 18.0. The number of nitro benzene ring substituents is 1. The average molecular weight is 338 g/mol. The van der Waals surface area contributed by atoms with Crippen LogP contribution in [0.15, 0.2) is 53.5 Å². The fourth-order valence-electron chi connectivity index (χ4n) is 2.57. The summed E-state index contributed by atoms with van der Waals surface area (Å²) in [6.45, 7) is 1.45. The minimum Gasteiger partial charge on any atom is -0.324 e. The number of nitrogens with one attached hydrogen (secondary N) is 1. The van der Waals surface area contributed by atoms with E-state index in [2.05, 4.69) is 10.4 Å². The Morgan fingerprint density at radius 3 is 2.76 bits per heavy atom. The van der Waals surface area contributed by atoms with Crippen molar-refractivity contribution in [3.05, 3.63) is 74.6 Å². The number of para-hydroxylation sites is 1. The number of amides is 1. The van der Waals surface area contributed by atoms with Crippen LogP contribution in [-0.4, -0.2) is 20.6 Å². The number of fused-ring (bicyclic) bond motifs is 1. The fraction of sp³-hybridized carbons (Fsp3) is 0.118. The van der Waals surface area contributed by atoms with Crippen molar-refractivity contribution in [1.29, 1.82) is 0 Å². The van der Waals surface area contributed by atoms with Gasteiger partial charge < -0.3 is 5.32 Å². The molecule has 3 aromatic rings. The zero-order valence-corrected chi connectivity index (χ0v) is 13.3. The molecule has 3 rings (SSSR count). The number of nitrogens with zero attached hydrogens (tertiary/aromatic N) is 3. The highest BCUT2D eigenvalue weighted by atomic mass is 16.6. The van der Waals surface area contributed by atoms with Crippen LogP contribution in [0.25, 0.3) is 10.9 Å². The first-order valence-electron chi connectivity index (χ1n) is 7.46. The van der Waals surface area contributed by atoms with E-state index in [9.17, 15) is 19.7 Å². The van der Waals surface area contributed by atoms with Crippen molar-refractivity contribution in [1.82, 2.24) is 9.78 Å². The average Bonchev–Trinajstić information content (AvgIpc) is 2.59. The lowest BCUT2D eigenvalue weighted by atomic mass is 10.1. The van der Waals surface area contributed by atoms with Crippen LogP contribution in [0.1, 0.15) is 5.56 Å². The molecule has 1 aromatic heterocycles. The van der Waals surface area contributed by atoms with Gasteiger partial charge >= 0.3 is 0 Å². The summed E-state index contributed by atoms with van der Waals surface area (Å²) in [7, 11) is 0. The molecular formula is C17H14N4O4. The second-order valence-corrected chi connectivity index (χ2v) is 5.44. The lowest BCUT2D eigenvalue weighted by molar-refractivity contribution is -0.385. The molecule has 126 valence electrons. The Morgan fingerprint density at radius 1 is 1.24 bits per heavy atom. The number of rotatable bonds is 4. The van der Waals surface area contributed by atoms with Gasteiger partial charge in [-0.25, -0.2) is 0 Å². The molecule has 0 unspecified atom stereocenters. The molecule has 2 aromatic carbocycles. The molecule has 0 spiro atoms. The third-order valence-corrected chi connectivity index (χ3v) is 3.83. The molecule has 8 heteroatoms. The molecule has 0 fully saturated rings. The fourth-order valence-corrected chi connectivity index (χ4v) is 2.57. The number of carbonyl (C=O) groups excluding carboxylic acids is 1. The first kappa shape index (κ1) is 16.3. The molecule has 0 saturated carbocycles. The third-order valence-electron chi connectivity index (χ3n) is 3.83. The molecule has 8 nitrogen and oxygen atoms in total. The second kappa shape index (κ2) is 6.52. The van der Waals surface area contributed by atoms with Gasteiger partial charge in [-0.05, 0) is 25.1 Å². The maximum Gasteiger partial charge on any atom is 0.274 e. The van der Waals surface area contributed by atoms with Gasteiger partial charge in [-0.15, -0.1) is 0 Å². The summed E-state index contributed by atoms with van der Waals surface area (Å²) in [5.41, 5.74) is 0.996. The molecule has 0 atom stereocenters. The Bertz CT molecular complexity index is 1040. The van der Waals surface area contributed by atoms with Crippen molar-refractivity contribution in [3.63, 3.8) is 0 Å². The summed E-state index contributed by atoms with van der Waals surface area (Å²) in [5.74, 6) is -0.398. The van der Waals surface area contributed by atoms with Crippen LogP contribution in [0.5, 0.6) is 0 Å². The highest BCUT2D eigenvalue weighted by Crippen LogP contribution is 2.25. The second-order valence-electron chi connectivity index (χ2n) is 5.44. The maximum absolute atomic E-state index is 12.3. The van der Waals surface area contributed by atoms with Gasteiger partial charge in [0.25, 0.3) is 5.69 Å². The number of aromatic nitrogens is 2. The number of anilines is 1. The van der Waals surface area contributed by atoms with E-state index in [1.54, 1.807) is 37.3 Å². The summed E-state index contributed by atoms with van der Waals surface area (Å²) < 4.78 is 1.42. The van der Waals surface area contributed by atoms with E-state index in [1.807, 2.05) is 0 Å². The van der Waals surface area contributed by atoms with Crippen molar-refractivity contribution >= 4 is 28.2 Å². The molecule has 1 N–H and O–H groups in total. The maximum atomic E-state index is 12.3. The summed E-state index contributed by atoms with van der Waals surface area (Å²) in [6.07, 6.45) is 1.16. The summed E-state index contributed by atoms with van der Waals surface area (Å²) in [6, 6.07) is 11.3. The Labute approximate surface area is 141 Å². The smallest absolute Gasteiger partial charge is 0.274 e.